The number of anilines is 1. The molecule has 1 fully saturated rings. The first-order chi connectivity index (χ1) is 8.58. The van der Waals surface area contributed by atoms with Crippen LogP contribution < -0.4 is 10.5 Å². The van der Waals surface area contributed by atoms with Crippen molar-refractivity contribution in [3.8, 4) is 0 Å². The minimum atomic E-state index is -3.46. The maximum Gasteiger partial charge on any atom is 0.240 e. The van der Waals surface area contributed by atoms with Crippen LogP contribution in [0.2, 0.25) is 0 Å². The van der Waals surface area contributed by atoms with Crippen molar-refractivity contribution in [2.45, 2.75) is 30.3 Å². The van der Waals surface area contributed by atoms with Gasteiger partial charge in [-0.15, -0.1) is 0 Å². The van der Waals surface area contributed by atoms with E-state index in [4.69, 9.17) is 10.5 Å². The third-order valence-electron chi connectivity index (χ3n) is 2.97. The second kappa shape index (κ2) is 5.69. The summed E-state index contributed by atoms with van der Waals surface area (Å²) in [6.07, 6.45) is 3.04. The van der Waals surface area contributed by atoms with Crippen LogP contribution in [0, 0.1) is 0 Å². The molecule has 1 atom stereocenters. The highest BCUT2D eigenvalue weighted by Gasteiger charge is 2.18. The van der Waals surface area contributed by atoms with E-state index in [0.717, 1.165) is 19.3 Å². The van der Waals surface area contributed by atoms with Crippen LogP contribution in [-0.4, -0.2) is 27.7 Å². The van der Waals surface area contributed by atoms with Crippen LogP contribution in [-0.2, 0) is 14.8 Å². The minimum Gasteiger partial charge on any atom is -0.399 e. The Hall–Kier alpha value is -1.11. The van der Waals surface area contributed by atoms with Crippen LogP contribution in [0.3, 0.4) is 0 Å². The van der Waals surface area contributed by atoms with E-state index in [9.17, 15) is 8.42 Å². The Kier molecular flexibility index (Phi) is 4.21. The quantitative estimate of drug-likeness (QED) is 0.803. The molecule has 0 aliphatic carbocycles. The van der Waals surface area contributed by atoms with E-state index in [0.29, 0.717) is 18.8 Å². The Morgan fingerprint density at radius 2 is 2.00 bits per heavy atom. The summed E-state index contributed by atoms with van der Waals surface area (Å²) in [6.45, 7) is 1.04. The summed E-state index contributed by atoms with van der Waals surface area (Å²) < 4.78 is 32.0. The molecule has 1 aliphatic heterocycles. The topological polar surface area (TPSA) is 81.4 Å². The zero-order valence-corrected chi connectivity index (χ0v) is 10.9. The van der Waals surface area contributed by atoms with E-state index < -0.39 is 10.0 Å². The Morgan fingerprint density at radius 3 is 2.61 bits per heavy atom. The third-order valence-corrected chi connectivity index (χ3v) is 4.40. The van der Waals surface area contributed by atoms with Crippen molar-refractivity contribution in [3.05, 3.63) is 24.3 Å². The number of nitrogens with one attached hydrogen (secondary N) is 1. The lowest BCUT2D eigenvalue weighted by atomic mass is 10.1. The highest BCUT2D eigenvalue weighted by Crippen LogP contribution is 2.14. The Labute approximate surface area is 107 Å². The smallest absolute Gasteiger partial charge is 0.240 e. The van der Waals surface area contributed by atoms with Gasteiger partial charge in [0.25, 0.3) is 0 Å². The molecule has 2 rings (SSSR count). The van der Waals surface area contributed by atoms with E-state index in [2.05, 4.69) is 4.72 Å². The fourth-order valence-corrected chi connectivity index (χ4v) is 2.97. The molecule has 0 unspecified atom stereocenters. The van der Waals surface area contributed by atoms with E-state index in [-0.39, 0.29) is 11.0 Å². The first-order valence-corrected chi connectivity index (χ1v) is 7.53. The first-order valence-electron chi connectivity index (χ1n) is 6.05. The number of benzene rings is 1. The van der Waals surface area contributed by atoms with Crippen LogP contribution >= 0.6 is 0 Å². The third kappa shape index (κ3) is 3.44. The predicted molar refractivity (Wildman–Crippen MR) is 69.6 cm³/mol. The molecule has 0 spiro atoms. The maximum absolute atomic E-state index is 12.0. The molecule has 1 heterocycles. The summed E-state index contributed by atoms with van der Waals surface area (Å²) in [5.41, 5.74) is 6.07. The van der Waals surface area contributed by atoms with Gasteiger partial charge in [0.15, 0.2) is 0 Å². The highest BCUT2D eigenvalue weighted by atomic mass is 32.2. The number of nitrogen functional groups attached to an aromatic ring is 1. The average Bonchev–Trinajstić information content (AvgIpc) is 2.38. The van der Waals surface area contributed by atoms with Gasteiger partial charge in [0.2, 0.25) is 10.0 Å². The van der Waals surface area contributed by atoms with Crippen LogP contribution in [0.15, 0.2) is 29.2 Å². The maximum atomic E-state index is 12.0. The lowest BCUT2D eigenvalue weighted by molar-refractivity contribution is 0.0200. The van der Waals surface area contributed by atoms with Crippen LogP contribution in [0.4, 0.5) is 5.69 Å². The van der Waals surface area contributed by atoms with Crippen molar-refractivity contribution in [2.24, 2.45) is 0 Å². The molecular weight excluding hydrogens is 252 g/mol. The zero-order chi connectivity index (χ0) is 13.0. The van der Waals surface area contributed by atoms with Gasteiger partial charge < -0.3 is 10.5 Å². The Balaban J connectivity index is 1.96. The number of ether oxygens (including phenoxy) is 1. The number of rotatable bonds is 4. The fraction of sp³-hybridized carbons (Fsp3) is 0.500. The fourth-order valence-electron chi connectivity index (χ4n) is 1.90. The van der Waals surface area contributed by atoms with Gasteiger partial charge in [0.05, 0.1) is 11.0 Å². The molecule has 1 saturated heterocycles. The molecule has 0 bridgehead atoms. The van der Waals surface area contributed by atoms with Crippen molar-refractivity contribution in [3.63, 3.8) is 0 Å². The highest BCUT2D eigenvalue weighted by molar-refractivity contribution is 7.89. The van der Waals surface area contributed by atoms with Gasteiger partial charge in [-0.2, -0.15) is 0 Å². The number of hydrogen-bond donors (Lipinski definition) is 2. The molecule has 0 saturated carbocycles. The molecule has 1 aromatic carbocycles. The number of hydrogen-bond acceptors (Lipinski definition) is 4. The van der Waals surface area contributed by atoms with E-state index in [1.807, 2.05) is 0 Å². The van der Waals surface area contributed by atoms with Gasteiger partial charge in [-0.3, -0.25) is 0 Å². The molecule has 6 heteroatoms. The second-order valence-electron chi connectivity index (χ2n) is 4.41. The van der Waals surface area contributed by atoms with Crippen LogP contribution in [0.25, 0.3) is 0 Å². The standard InChI is InChI=1S/C12H18N2O3S/c13-10-4-6-12(7-5-10)18(15,16)14-9-11-3-1-2-8-17-11/h4-7,11,14H,1-3,8-9,13H2/t11-/m0/s1. The van der Waals surface area contributed by atoms with Crippen molar-refractivity contribution in [1.82, 2.24) is 4.72 Å². The second-order valence-corrected chi connectivity index (χ2v) is 6.18. The lowest BCUT2D eigenvalue weighted by Gasteiger charge is -2.22. The summed E-state index contributed by atoms with van der Waals surface area (Å²) >= 11 is 0. The largest absolute Gasteiger partial charge is 0.399 e. The molecule has 18 heavy (non-hydrogen) atoms. The van der Waals surface area contributed by atoms with Gasteiger partial charge >= 0.3 is 0 Å². The minimum absolute atomic E-state index is 0.0118. The molecule has 0 radical (unpaired) electrons. The van der Waals surface area contributed by atoms with E-state index in [1.54, 1.807) is 12.1 Å². The summed E-state index contributed by atoms with van der Waals surface area (Å²) in [4.78, 5) is 0.229. The first kappa shape index (κ1) is 13.3. The van der Waals surface area contributed by atoms with Gasteiger partial charge in [0.1, 0.15) is 0 Å². The zero-order valence-electron chi connectivity index (χ0n) is 10.1. The lowest BCUT2D eigenvalue weighted by Crippen LogP contribution is -2.35. The van der Waals surface area contributed by atoms with Crippen molar-refractivity contribution >= 4 is 15.7 Å². The summed E-state index contributed by atoms with van der Waals surface area (Å²) in [6, 6.07) is 6.15. The van der Waals surface area contributed by atoms with Gasteiger partial charge in [0, 0.05) is 18.8 Å². The molecular formula is C12H18N2O3S. The normalized spacial score (nSPS) is 20.8. The monoisotopic (exact) mass is 270 g/mol. The van der Waals surface area contributed by atoms with Crippen molar-refractivity contribution in [2.75, 3.05) is 18.9 Å². The molecule has 1 aliphatic rings. The molecule has 100 valence electrons. The number of nitrogens with two attached hydrogens (primary N) is 1. The van der Waals surface area contributed by atoms with Gasteiger partial charge in [-0.1, -0.05) is 0 Å². The van der Waals surface area contributed by atoms with Gasteiger partial charge in [-0.25, -0.2) is 13.1 Å². The van der Waals surface area contributed by atoms with E-state index >= 15 is 0 Å². The molecule has 0 amide bonds. The molecule has 3 N–H and O–H groups in total. The molecule has 5 nitrogen and oxygen atoms in total. The average molecular weight is 270 g/mol. The Morgan fingerprint density at radius 1 is 1.28 bits per heavy atom. The summed E-state index contributed by atoms with van der Waals surface area (Å²) in [5, 5.41) is 0. The van der Waals surface area contributed by atoms with Crippen molar-refractivity contribution < 1.29 is 13.2 Å². The SMILES string of the molecule is Nc1ccc(S(=O)(=O)NC[C@@H]2CCCCO2)cc1. The van der Waals surface area contributed by atoms with Gasteiger partial charge in [-0.05, 0) is 43.5 Å². The Bertz CT molecular complexity index is 479. The predicted octanol–water partition coefficient (Wildman–Crippen LogP) is 1.12. The van der Waals surface area contributed by atoms with Crippen LogP contribution in [0.5, 0.6) is 0 Å². The van der Waals surface area contributed by atoms with Crippen LogP contribution in [0.1, 0.15) is 19.3 Å². The molecule has 1 aromatic rings. The number of sulfonamides is 1. The van der Waals surface area contributed by atoms with E-state index in [1.165, 1.54) is 12.1 Å². The van der Waals surface area contributed by atoms with Crippen molar-refractivity contribution in [1.29, 1.82) is 0 Å². The summed E-state index contributed by atoms with van der Waals surface area (Å²) in [5.74, 6) is 0. The summed E-state index contributed by atoms with van der Waals surface area (Å²) in [7, 11) is -3.46. The molecule has 0 aromatic heterocycles.